The number of hydrogen-bond acceptors (Lipinski definition) is 7. The summed E-state index contributed by atoms with van der Waals surface area (Å²) in [5.41, 5.74) is 6.25. The standard InChI is InChI=1S/C20H17N5O4/c1-27-17-10-13(19(21)26)5-6-15(17)29-12-14-11-18(25-8-3-7-22-25)24-20(23-14)16-4-2-9-28-16/h2-11H,12H2,1H3,(H2,21,26). The molecular weight excluding hydrogens is 374 g/mol. The molecule has 29 heavy (non-hydrogen) atoms. The van der Waals surface area contributed by atoms with Gasteiger partial charge in [-0.1, -0.05) is 0 Å². The minimum Gasteiger partial charge on any atom is -0.493 e. The number of furan rings is 1. The number of carbonyl (C=O) groups excluding carboxylic acids is 1. The van der Waals surface area contributed by atoms with Crippen molar-refractivity contribution in [3.63, 3.8) is 0 Å². The highest BCUT2D eigenvalue weighted by molar-refractivity contribution is 5.93. The lowest BCUT2D eigenvalue weighted by Crippen LogP contribution is -2.11. The maximum absolute atomic E-state index is 11.4. The van der Waals surface area contributed by atoms with Gasteiger partial charge in [-0.25, -0.2) is 14.6 Å². The van der Waals surface area contributed by atoms with E-state index in [2.05, 4.69) is 15.1 Å². The Hall–Kier alpha value is -4.14. The number of methoxy groups -OCH3 is 1. The molecule has 0 saturated carbocycles. The van der Waals surface area contributed by atoms with E-state index < -0.39 is 5.91 Å². The van der Waals surface area contributed by atoms with Gasteiger partial charge in [-0.15, -0.1) is 0 Å². The van der Waals surface area contributed by atoms with Crippen LogP contribution in [0.2, 0.25) is 0 Å². The summed E-state index contributed by atoms with van der Waals surface area (Å²) in [6.45, 7) is 0.136. The SMILES string of the molecule is COc1cc(C(N)=O)ccc1OCc1cc(-n2cccn2)nc(-c2ccco2)n1. The quantitative estimate of drug-likeness (QED) is 0.514. The molecule has 0 aliphatic carbocycles. The second kappa shape index (κ2) is 7.85. The maximum atomic E-state index is 11.4. The fourth-order valence-corrected chi connectivity index (χ4v) is 2.69. The molecule has 0 fully saturated rings. The van der Waals surface area contributed by atoms with E-state index in [-0.39, 0.29) is 6.61 Å². The number of amides is 1. The summed E-state index contributed by atoms with van der Waals surface area (Å²) in [5.74, 6) is 1.83. The van der Waals surface area contributed by atoms with Crippen LogP contribution in [0.25, 0.3) is 17.4 Å². The largest absolute Gasteiger partial charge is 0.493 e. The average molecular weight is 391 g/mol. The Labute approximate surface area is 165 Å². The van der Waals surface area contributed by atoms with E-state index in [0.717, 1.165) is 0 Å². The molecule has 9 heteroatoms. The number of carbonyl (C=O) groups is 1. The van der Waals surface area contributed by atoms with E-state index in [1.165, 1.54) is 13.2 Å². The zero-order valence-corrected chi connectivity index (χ0v) is 15.5. The highest BCUT2D eigenvalue weighted by atomic mass is 16.5. The van der Waals surface area contributed by atoms with Crippen LogP contribution in [-0.2, 0) is 6.61 Å². The van der Waals surface area contributed by atoms with Crippen LogP contribution in [0.1, 0.15) is 16.1 Å². The molecule has 0 spiro atoms. The molecule has 0 saturated heterocycles. The van der Waals surface area contributed by atoms with E-state index in [1.807, 2.05) is 0 Å². The van der Waals surface area contributed by atoms with Gasteiger partial charge in [0.1, 0.15) is 6.61 Å². The van der Waals surface area contributed by atoms with Crippen molar-refractivity contribution < 1.29 is 18.7 Å². The molecule has 2 N–H and O–H groups in total. The molecule has 146 valence electrons. The number of benzene rings is 1. The third kappa shape index (κ3) is 3.93. The molecule has 0 radical (unpaired) electrons. The topological polar surface area (TPSA) is 118 Å². The Morgan fingerprint density at radius 3 is 2.76 bits per heavy atom. The molecule has 3 aromatic heterocycles. The van der Waals surface area contributed by atoms with Gasteiger partial charge in [0.05, 0.1) is 19.1 Å². The van der Waals surface area contributed by atoms with Gasteiger partial charge in [-0.3, -0.25) is 4.79 Å². The molecule has 0 unspecified atom stereocenters. The van der Waals surface area contributed by atoms with Crippen LogP contribution in [0, 0.1) is 0 Å². The summed E-state index contributed by atoms with van der Waals surface area (Å²) in [7, 11) is 1.49. The summed E-state index contributed by atoms with van der Waals surface area (Å²) in [6, 6.07) is 11.8. The van der Waals surface area contributed by atoms with E-state index in [0.29, 0.717) is 40.2 Å². The highest BCUT2D eigenvalue weighted by Crippen LogP contribution is 2.29. The fourth-order valence-electron chi connectivity index (χ4n) is 2.69. The predicted octanol–water partition coefficient (Wildman–Crippen LogP) is 2.61. The van der Waals surface area contributed by atoms with Gasteiger partial charge < -0.3 is 19.6 Å². The normalized spacial score (nSPS) is 10.7. The predicted molar refractivity (Wildman–Crippen MR) is 103 cm³/mol. The molecule has 3 heterocycles. The summed E-state index contributed by atoms with van der Waals surface area (Å²) < 4.78 is 18.2. The van der Waals surface area contributed by atoms with E-state index in [9.17, 15) is 4.79 Å². The number of nitrogens with two attached hydrogens (primary N) is 1. The van der Waals surface area contributed by atoms with E-state index >= 15 is 0 Å². The lowest BCUT2D eigenvalue weighted by Gasteiger charge is -2.12. The minimum absolute atomic E-state index is 0.136. The van der Waals surface area contributed by atoms with Crippen LogP contribution in [0.3, 0.4) is 0 Å². The molecule has 0 atom stereocenters. The second-order valence-electron chi connectivity index (χ2n) is 5.99. The van der Waals surface area contributed by atoms with Gasteiger partial charge >= 0.3 is 0 Å². The molecule has 9 nitrogen and oxygen atoms in total. The van der Waals surface area contributed by atoms with Gasteiger partial charge in [0.25, 0.3) is 0 Å². The average Bonchev–Trinajstić information content (AvgIpc) is 3.46. The van der Waals surface area contributed by atoms with Crippen LogP contribution < -0.4 is 15.2 Å². The Kier molecular flexibility index (Phi) is 4.93. The number of ether oxygens (including phenoxy) is 2. The first-order valence-electron chi connectivity index (χ1n) is 8.66. The van der Waals surface area contributed by atoms with Gasteiger partial charge in [-0.2, -0.15) is 5.10 Å². The Bertz CT molecular complexity index is 1070. The number of primary amides is 1. The van der Waals surface area contributed by atoms with Crippen LogP contribution >= 0.6 is 0 Å². The van der Waals surface area contributed by atoms with Crippen molar-refractivity contribution in [3.8, 4) is 28.9 Å². The third-order valence-electron chi connectivity index (χ3n) is 4.07. The van der Waals surface area contributed by atoms with Crippen molar-refractivity contribution in [2.24, 2.45) is 5.73 Å². The monoisotopic (exact) mass is 391 g/mol. The first-order chi connectivity index (χ1) is 14.1. The van der Waals surface area contributed by atoms with Crippen molar-refractivity contribution in [1.82, 2.24) is 19.7 Å². The van der Waals surface area contributed by atoms with Crippen molar-refractivity contribution in [2.75, 3.05) is 7.11 Å². The lowest BCUT2D eigenvalue weighted by atomic mass is 10.2. The molecule has 0 bridgehead atoms. The number of nitrogens with zero attached hydrogens (tertiary/aromatic N) is 4. The third-order valence-corrected chi connectivity index (χ3v) is 4.07. The summed E-state index contributed by atoms with van der Waals surface area (Å²) in [6.07, 6.45) is 5.00. The molecule has 1 amide bonds. The maximum Gasteiger partial charge on any atom is 0.248 e. The first kappa shape index (κ1) is 18.2. The molecule has 1 aromatic carbocycles. The molecule has 0 aliphatic rings. The summed E-state index contributed by atoms with van der Waals surface area (Å²) in [5, 5.41) is 4.21. The lowest BCUT2D eigenvalue weighted by molar-refractivity contribution is 0.1000. The first-order valence-corrected chi connectivity index (χ1v) is 8.66. The number of rotatable bonds is 7. The van der Waals surface area contributed by atoms with Crippen molar-refractivity contribution >= 4 is 5.91 Å². The zero-order chi connectivity index (χ0) is 20.2. The minimum atomic E-state index is -0.544. The molecule has 4 rings (SSSR count). The summed E-state index contributed by atoms with van der Waals surface area (Å²) in [4.78, 5) is 20.4. The van der Waals surface area contributed by atoms with Crippen LogP contribution in [-0.4, -0.2) is 32.8 Å². The molecule has 4 aromatic rings. The van der Waals surface area contributed by atoms with Crippen molar-refractivity contribution in [3.05, 3.63) is 72.4 Å². The van der Waals surface area contributed by atoms with Crippen LogP contribution in [0.5, 0.6) is 11.5 Å². The molecule has 0 aliphatic heterocycles. The van der Waals surface area contributed by atoms with Crippen molar-refractivity contribution in [2.45, 2.75) is 6.61 Å². The van der Waals surface area contributed by atoms with Crippen LogP contribution in [0.15, 0.2) is 65.5 Å². The molecular formula is C20H17N5O4. The van der Waals surface area contributed by atoms with Crippen molar-refractivity contribution in [1.29, 1.82) is 0 Å². The van der Waals surface area contributed by atoms with Gasteiger partial charge in [-0.05, 0) is 36.4 Å². The number of aromatic nitrogens is 4. The van der Waals surface area contributed by atoms with Gasteiger partial charge in [0.2, 0.25) is 5.91 Å². The Morgan fingerprint density at radius 2 is 2.07 bits per heavy atom. The van der Waals surface area contributed by atoms with E-state index in [1.54, 1.807) is 59.7 Å². The smallest absolute Gasteiger partial charge is 0.248 e. The van der Waals surface area contributed by atoms with E-state index in [4.69, 9.17) is 19.6 Å². The van der Waals surface area contributed by atoms with Crippen LogP contribution in [0.4, 0.5) is 0 Å². The number of hydrogen-bond donors (Lipinski definition) is 1. The Balaban J connectivity index is 1.64. The highest BCUT2D eigenvalue weighted by Gasteiger charge is 2.13. The zero-order valence-electron chi connectivity index (χ0n) is 15.5. The van der Waals surface area contributed by atoms with Gasteiger partial charge in [0, 0.05) is 24.0 Å². The fraction of sp³-hybridized carbons (Fsp3) is 0.100. The second-order valence-corrected chi connectivity index (χ2v) is 5.99. The Morgan fingerprint density at radius 1 is 1.17 bits per heavy atom. The van der Waals surface area contributed by atoms with Gasteiger partial charge in [0.15, 0.2) is 28.9 Å². The summed E-state index contributed by atoms with van der Waals surface area (Å²) >= 11 is 0.